The van der Waals surface area contributed by atoms with Crippen molar-refractivity contribution in [3.63, 3.8) is 0 Å². The van der Waals surface area contributed by atoms with Crippen LogP contribution in [0.5, 0.6) is 0 Å². The Morgan fingerprint density at radius 3 is 2.81 bits per heavy atom. The molecule has 7 N–H and O–H groups in total. The number of aliphatic hydroxyl groups excluding tert-OH is 2. The zero-order valence-corrected chi connectivity index (χ0v) is 16.7. The number of amides is 2. The van der Waals surface area contributed by atoms with Crippen LogP contribution in [0.15, 0.2) is 12.7 Å². The van der Waals surface area contributed by atoms with Crippen LogP contribution in [0.25, 0.3) is 11.2 Å². The van der Waals surface area contributed by atoms with Crippen molar-refractivity contribution in [3.8, 4) is 0 Å². The van der Waals surface area contributed by atoms with Gasteiger partial charge in [0.15, 0.2) is 17.7 Å². The van der Waals surface area contributed by atoms with Gasteiger partial charge >= 0.3 is 10.2 Å². The predicted octanol–water partition coefficient (Wildman–Crippen LogP) is -3.74. The first-order valence-electron chi connectivity index (χ1n) is 9.21. The van der Waals surface area contributed by atoms with Crippen molar-refractivity contribution in [1.82, 2.24) is 34.3 Å². The fraction of sp³-hybridized carbons (Fsp3) is 0.533. The third-order valence-corrected chi connectivity index (χ3v) is 6.04. The second-order valence-corrected chi connectivity index (χ2v) is 8.61. The lowest BCUT2D eigenvalue weighted by Gasteiger charge is -2.17. The Balaban J connectivity index is 1.40. The first kappa shape index (κ1) is 21.3. The van der Waals surface area contributed by atoms with Crippen LogP contribution in [-0.4, -0.2) is 80.9 Å². The quantitative estimate of drug-likeness (QED) is 0.248. The van der Waals surface area contributed by atoms with Crippen molar-refractivity contribution in [2.75, 3.05) is 12.3 Å². The molecular formula is C15H20N8O7S. The average molecular weight is 456 g/mol. The number of aliphatic hydroxyl groups is 2. The lowest BCUT2D eigenvalue weighted by atomic mass is 10.1. The van der Waals surface area contributed by atoms with E-state index in [2.05, 4.69) is 25.0 Å². The molecule has 31 heavy (non-hydrogen) atoms. The van der Waals surface area contributed by atoms with Crippen molar-refractivity contribution in [2.24, 2.45) is 0 Å². The molecule has 0 saturated carbocycles. The summed E-state index contributed by atoms with van der Waals surface area (Å²) in [5.41, 5.74) is 6.27. The Bertz CT molecular complexity index is 1120. The standard InChI is InChI=1S/C15H20N8O7S/c16-12-9-13(18-4-17-12)23(5-19-9)15-11(26)10(25)7(30-15)3-20-31(28,29)22-14(27)6-1-2-8(24)21-6/h4-7,10-11,15,20,25-26H,1-3H2,(H,21,24)(H,22,27)(H2,16,17,18)/t6-,7+,10?,11-,15+/m0/s1. The minimum Gasteiger partial charge on any atom is -0.387 e. The highest BCUT2D eigenvalue weighted by Crippen LogP contribution is 2.31. The zero-order valence-electron chi connectivity index (χ0n) is 15.9. The van der Waals surface area contributed by atoms with E-state index in [-0.39, 0.29) is 35.7 Å². The molecule has 0 radical (unpaired) electrons. The first-order valence-corrected chi connectivity index (χ1v) is 10.7. The molecule has 0 aromatic carbocycles. The van der Waals surface area contributed by atoms with Gasteiger partial charge in [0.2, 0.25) is 5.91 Å². The number of nitrogens with zero attached hydrogens (tertiary/aromatic N) is 4. The third-order valence-electron chi connectivity index (χ3n) is 5.02. The Labute approximate surface area is 175 Å². The minimum atomic E-state index is -4.31. The molecule has 168 valence electrons. The number of nitrogens with one attached hydrogen (secondary N) is 3. The van der Waals surface area contributed by atoms with Gasteiger partial charge < -0.3 is 26.0 Å². The number of aromatic nitrogens is 4. The van der Waals surface area contributed by atoms with E-state index in [1.54, 1.807) is 4.72 Å². The summed E-state index contributed by atoms with van der Waals surface area (Å²) in [5, 5.41) is 23.0. The van der Waals surface area contributed by atoms with E-state index in [0.717, 1.165) is 0 Å². The largest absolute Gasteiger partial charge is 0.387 e. The van der Waals surface area contributed by atoms with Gasteiger partial charge in [-0.25, -0.2) is 19.7 Å². The number of hydrogen-bond donors (Lipinski definition) is 6. The monoisotopic (exact) mass is 456 g/mol. The van der Waals surface area contributed by atoms with Crippen LogP contribution in [0.4, 0.5) is 5.82 Å². The lowest BCUT2D eigenvalue weighted by molar-refractivity contribution is -0.124. The molecule has 2 aromatic rings. The number of hydrogen-bond acceptors (Lipinski definition) is 11. The molecule has 4 rings (SSSR count). The molecule has 2 aromatic heterocycles. The smallest absolute Gasteiger partial charge is 0.301 e. The molecule has 4 heterocycles. The van der Waals surface area contributed by atoms with E-state index in [0.29, 0.717) is 0 Å². The first-order chi connectivity index (χ1) is 14.7. The minimum absolute atomic E-state index is 0.121. The maximum absolute atomic E-state index is 12.1. The fourth-order valence-electron chi connectivity index (χ4n) is 3.43. The number of rotatable bonds is 6. The summed E-state index contributed by atoms with van der Waals surface area (Å²) < 4.78 is 35.1. The SMILES string of the molecule is Nc1ncnc2c1ncn2[C@@H]1O[C@H](CNS(=O)(=O)NC(=O)[C@@H]2CCC(=O)N2)C(O)[C@@H]1O. The number of carbonyl (C=O) groups is 2. The van der Waals surface area contributed by atoms with Crippen molar-refractivity contribution >= 4 is 39.0 Å². The Morgan fingerprint density at radius 2 is 2.10 bits per heavy atom. The van der Waals surface area contributed by atoms with Crippen LogP contribution < -0.4 is 20.5 Å². The molecule has 2 amide bonds. The lowest BCUT2D eigenvalue weighted by Crippen LogP contribution is -2.50. The second kappa shape index (κ2) is 7.97. The second-order valence-electron chi connectivity index (χ2n) is 7.11. The van der Waals surface area contributed by atoms with Crippen molar-refractivity contribution in [2.45, 2.75) is 43.4 Å². The molecule has 0 spiro atoms. The van der Waals surface area contributed by atoms with E-state index >= 15 is 0 Å². The molecule has 2 aliphatic heterocycles. The van der Waals surface area contributed by atoms with Crippen LogP contribution in [0.3, 0.4) is 0 Å². The predicted molar refractivity (Wildman–Crippen MR) is 102 cm³/mol. The Kier molecular flexibility index (Phi) is 5.48. The van der Waals surface area contributed by atoms with E-state index in [1.807, 2.05) is 0 Å². The average Bonchev–Trinajstić information content (AvgIpc) is 3.40. The molecule has 2 aliphatic rings. The van der Waals surface area contributed by atoms with Gasteiger partial charge in [-0.3, -0.25) is 14.2 Å². The molecule has 0 bridgehead atoms. The summed E-state index contributed by atoms with van der Waals surface area (Å²) in [5.74, 6) is -1.10. The molecule has 0 aliphatic carbocycles. The molecule has 16 heteroatoms. The van der Waals surface area contributed by atoms with E-state index in [4.69, 9.17) is 10.5 Å². The number of fused-ring (bicyclic) bond motifs is 1. The third kappa shape index (κ3) is 4.15. The topological polar surface area (TPSA) is 224 Å². The number of ether oxygens (including phenoxy) is 1. The highest BCUT2D eigenvalue weighted by Gasteiger charge is 2.44. The summed E-state index contributed by atoms with van der Waals surface area (Å²) in [4.78, 5) is 35.1. The zero-order chi connectivity index (χ0) is 22.3. The summed E-state index contributed by atoms with van der Waals surface area (Å²) in [6.45, 7) is -0.446. The van der Waals surface area contributed by atoms with Gasteiger partial charge in [-0.15, -0.1) is 0 Å². The normalized spacial score (nSPS) is 28.7. The van der Waals surface area contributed by atoms with E-state index < -0.39 is 53.2 Å². The van der Waals surface area contributed by atoms with Crippen molar-refractivity contribution in [3.05, 3.63) is 12.7 Å². The number of carbonyl (C=O) groups excluding carboxylic acids is 2. The summed E-state index contributed by atoms with van der Waals surface area (Å²) >= 11 is 0. The molecule has 1 unspecified atom stereocenters. The summed E-state index contributed by atoms with van der Waals surface area (Å²) in [7, 11) is -4.31. The number of nitrogen functional groups attached to an aromatic ring is 1. The van der Waals surface area contributed by atoms with Gasteiger partial charge in [-0.2, -0.15) is 13.1 Å². The molecular weight excluding hydrogens is 436 g/mol. The Hall–Kier alpha value is -2.92. The molecule has 2 fully saturated rings. The maximum Gasteiger partial charge on any atom is 0.301 e. The van der Waals surface area contributed by atoms with Crippen LogP contribution >= 0.6 is 0 Å². The molecule has 15 nitrogen and oxygen atoms in total. The Morgan fingerprint density at radius 1 is 1.32 bits per heavy atom. The van der Waals surface area contributed by atoms with Gasteiger partial charge in [0, 0.05) is 13.0 Å². The van der Waals surface area contributed by atoms with Crippen molar-refractivity contribution < 1.29 is 33.0 Å². The van der Waals surface area contributed by atoms with Gasteiger partial charge in [-0.1, -0.05) is 0 Å². The summed E-state index contributed by atoms with van der Waals surface area (Å²) in [6, 6.07) is -0.937. The summed E-state index contributed by atoms with van der Waals surface area (Å²) in [6.07, 6.45) is -2.31. The van der Waals surface area contributed by atoms with Crippen molar-refractivity contribution in [1.29, 1.82) is 0 Å². The van der Waals surface area contributed by atoms with Gasteiger partial charge in [0.25, 0.3) is 5.91 Å². The van der Waals surface area contributed by atoms with Crippen LogP contribution in [0.2, 0.25) is 0 Å². The number of imidazole rings is 1. The van der Waals surface area contributed by atoms with Gasteiger partial charge in [0.1, 0.15) is 36.2 Å². The highest BCUT2D eigenvalue weighted by molar-refractivity contribution is 7.88. The van der Waals surface area contributed by atoms with Crippen LogP contribution in [0, 0.1) is 0 Å². The van der Waals surface area contributed by atoms with Gasteiger partial charge in [-0.05, 0) is 6.42 Å². The van der Waals surface area contributed by atoms with Crippen LogP contribution in [-0.2, 0) is 24.5 Å². The van der Waals surface area contributed by atoms with E-state index in [1.165, 1.54) is 17.2 Å². The van der Waals surface area contributed by atoms with Gasteiger partial charge in [0.05, 0.1) is 6.33 Å². The van der Waals surface area contributed by atoms with Crippen LogP contribution in [0.1, 0.15) is 19.1 Å². The van der Waals surface area contributed by atoms with E-state index in [9.17, 15) is 28.2 Å². The maximum atomic E-state index is 12.1. The fourth-order valence-corrected chi connectivity index (χ4v) is 4.29. The highest BCUT2D eigenvalue weighted by atomic mass is 32.2. The number of nitrogens with two attached hydrogens (primary N) is 1. The molecule has 2 saturated heterocycles. The molecule has 5 atom stereocenters. The number of anilines is 1.